The maximum atomic E-state index is 10.5. The lowest BCUT2D eigenvalue weighted by atomic mass is 10.0. The third-order valence-electron chi connectivity index (χ3n) is 2.74. The molecule has 0 radical (unpaired) electrons. The maximum absolute atomic E-state index is 10.5. The van der Waals surface area contributed by atoms with Crippen LogP contribution in [-0.4, -0.2) is 17.6 Å². The van der Waals surface area contributed by atoms with Gasteiger partial charge in [-0.2, -0.15) is 0 Å². The van der Waals surface area contributed by atoms with Gasteiger partial charge in [0.15, 0.2) is 0 Å². The Bertz CT molecular complexity index is 424. The molecular formula is C13H15NO2. The molecule has 1 aliphatic rings. The number of hydrogen-bond acceptors (Lipinski definition) is 2. The lowest BCUT2D eigenvalue weighted by Gasteiger charge is -2.11. The molecule has 0 unspecified atom stereocenters. The highest BCUT2D eigenvalue weighted by atomic mass is 16.4. The molecule has 1 aliphatic carbocycles. The van der Waals surface area contributed by atoms with Crippen molar-refractivity contribution < 1.29 is 9.90 Å². The Morgan fingerprint density at radius 3 is 2.88 bits per heavy atom. The van der Waals surface area contributed by atoms with Crippen LogP contribution >= 0.6 is 0 Å². The second kappa shape index (κ2) is 4.84. The van der Waals surface area contributed by atoms with E-state index in [9.17, 15) is 4.79 Å². The van der Waals surface area contributed by atoms with Gasteiger partial charge in [0.2, 0.25) is 0 Å². The molecule has 0 bridgehead atoms. The lowest BCUT2D eigenvalue weighted by Crippen LogP contribution is -2.13. The predicted octanol–water partition coefficient (Wildman–Crippen LogP) is 2.75. The van der Waals surface area contributed by atoms with Crippen molar-refractivity contribution in [3.63, 3.8) is 0 Å². The van der Waals surface area contributed by atoms with Crippen LogP contribution in [-0.2, 0) is 4.79 Å². The minimum atomic E-state index is -0.838. The molecule has 1 aromatic rings. The van der Waals surface area contributed by atoms with Crippen LogP contribution in [0.4, 0.5) is 5.69 Å². The molecule has 3 nitrogen and oxygen atoms in total. The summed E-state index contributed by atoms with van der Waals surface area (Å²) in [5.74, 6) is -0.838. The number of benzene rings is 1. The summed E-state index contributed by atoms with van der Waals surface area (Å²) >= 11 is 0. The van der Waals surface area contributed by atoms with Crippen LogP contribution in [0.3, 0.4) is 0 Å². The van der Waals surface area contributed by atoms with Gasteiger partial charge in [-0.3, -0.25) is 4.79 Å². The van der Waals surface area contributed by atoms with Gasteiger partial charge in [-0.25, -0.2) is 0 Å². The number of hydrogen-bond donors (Lipinski definition) is 2. The molecule has 0 saturated heterocycles. The highest BCUT2D eigenvalue weighted by Gasteiger charge is 2.11. The lowest BCUT2D eigenvalue weighted by molar-refractivity contribution is -0.134. The average molecular weight is 217 g/mol. The molecule has 0 heterocycles. The molecule has 3 heteroatoms. The van der Waals surface area contributed by atoms with E-state index in [0.717, 1.165) is 24.1 Å². The van der Waals surface area contributed by atoms with Gasteiger partial charge in [-0.1, -0.05) is 24.3 Å². The molecule has 0 aliphatic heterocycles. The van der Waals surface area contributed by atoms with Crippen molar-refractivity contribution in [1.29, 1.82) is 0 Å². The zero-order valence-electron chi connectivity index (χ0n) is 9.07. The SMILES string of the molecule is O=C(O)CNc1ccccc1C1=CCCC1. The summed E-state index contributed by atoms with van der Waals surface area (Å²) in [5, 5.41) is 11.6. The van der Waals surface area contributed by atoms with Crippen molar-refractivity contribution in [2.24, 2.45) is 0 Å². The first-order chi connectivity index (χ1) is 7.77. The van der Waals surface area contributed by atoms with E-state index in [1.807, 2.05) is 24.3 Å². The molecule has 0 saturated carbocycles. The monoisotopic (exact) mass is 217 g/mol. The van der Waals surface area contributed by atoms with Gasteiger partial charge in [0.25, 0.3) is 0 Å². The van der Waals surface area contributed by atoms with E-state index in [4.69, 9.17) is 5.11 Å². The number of para-hydroxylation sites is 1. The predicted molar refractivity (Wildman–Crippen MR) is 64.4 cm³/mol. The molecule has 84 valence electrons. The molecule has 0 amide bonds. The van der Waals surface area contributed by atoms with Crippen molar-refractivity contribution >= 4 is 17.2 Å². The topological polar surface area (TPSA) is 49.3 Å². The second-order valence-electron chi connectivity index (χ2n) is 3.91. The third kappa shape index (κ3) is 2.42. The molecule has 2 N–H and O–H groups in total. The van der Waals surface area contributed by atoms with Gasteiger partial charge in [-0.05, 0) is 30.9 Å². The number of carboxylic acids is 1. The summed E-state index contributed by atoms with van der Waals surface area (Å²) in [7, 11) is 0. The van der Waals surface area contributed by atoms with E-state index in [1.165, 1.54) is 12.0 Å². The number of carboxylic acid groups (broad SMARTS) is 1. The van der Waals surface area contributed by atoms with Crippen LogP contribution in [0.25, 0.3) is 5.57 Å². The summed E-state index contributed by atoms with van der Waals surface area (Å²) in [4.78, 5) is 10.5. The zero-order chi connectivity index (χ0) is 11.4. The van der Waals surface area contributed by atoms with Crippen molar-refractivity contribution in [1.82, 2.24) is 0 Å². The molecule has 0 aromatic heterocycles. The van der Waals surface area contributed by atoms with Crippen molar-refractivity contribution in [2.45, 2.75) is 19.3 Å². The number of nitrogens with one attached hydrogen (secondary N) is 1. The Hall–Kier alpha value is -1.77. The van der Waals surface area contributed by atoms with E-state index >= 15 is 0 Å². The molecule has 0 atom stereocenters. The zero-order valence-corrected chi connectivity index (χ0v) is 9.07. The largest absolute Gasteiger partial charge is 0.480 e. The van der Waals surface area contributed by atoms with E-state index in [0.29, 0.717) is 0 Å². The molecule has 2 rings (SSSR count). The fourth-order valence-corrected chi connectivity index (χ4v) is 2.00. The summed E-state index contributed by atoms with van der Waals surface area (Å²) < 4.78 is 0. The van der Waals surface area contributed by atoms with Crippen LogP contribution in [0.2, 0.25) is 0 Å². The smallest absolute Gasteiger partial charge is 0.322 e. The second-order valence-corrected chi connectivity index (χ2v) is 3.91. The van der Waals surface area contributed by atoms with Gasteiger partial charge in [0.05, 0.1) is 0 Å². The van der Waals surface area contributed by atoms with E-state index in [-0.39, 0.29) is 6.54 Å². The molecule has 0 spiro atoms. The molecule has 1 aromatic carbocycles. The normalized spacial score (nSPS) is 14.6. The molecular weight excluding hydrogens is 202 g/mol. The van der Waals surface area contributed by atoms with E-state index < -0.39 is 5.97 Å². The third-order valence-corrected chi connectivity index (χ3v) is 2.74. The van der Waals surface area contributed by atoms with Gasteiger partial charge in [0, 0.05) is 11.3 Å². The summed E-state index contributed by atoms with van der Waals surface area (Å²) in [6.45, 7) is -0.0374. The van der Waals surface area contributed by atoms with Gasteiger partial charge in [0.1, 0.15) is 6.54 Å². The average Bonchev–Trinajstić information content (AvgIpc) is 2.80. The van der Waals surface area contributed by atoms with Crippen LogP contribution < -0.4 is 5.32 Å². The minimum Gasteiger partial charge on any atom is -0.480 e. The Morgan fingerprint density at radius 1 is 1.38 bits per heavy atom. The van der Waals surface area contributed by atoms with Gasteiger partial charge >= 0.3 is 5.97 Å². The fraction of sp³-hybridized carbons (Fsp3) is 0.308. The summed E-state index contributed by atoms with van der Waals surface area (Å²) in [6, 6.07) is 7.88. The highest BCUT2D eigenvalue weighted by Crippen LogP contribution is 2.32. The van der Waals surface area contributed by atoms with Crippen molar-refractivity contribution in [2.75, 3.05) is 11.9 Å². The number of carbonyl (C=O) groups is 1. The van der Waals surface area contributed by atoms with Gasteiger partial charge < -0.3 is 10.4 Å². The van der Waals surface area contributed by atoms with Crippen LogP contribution in [0.15, 0.2) is 30.3 Å². The first kappa shape index (κ1) is 10.7. The van der Waals surface area contributed by atoms with Crippen molar-refractivity contribution in [3.05, 3.63) is 35.9 Å². The molecule has 16 heavy (non-hydrogen) atoms. The molecule has 0 fully saturated rings. The Morgan fingerprint density at radius 2 is 2.19 bits per heavy atom. The Labute approximate surface area is 94.8 Å². The standard InChI is InChI=1S/C13H15NO2/c15-13(16)9-14-12-8-4-3-7-11(12)10-5-1-2-6-10/h3-5,7-8,14H,1-2,6,9H2,(H,15,16). The van der Waals surface area contributed by atoms with E-state index in [1.54, 1.807) is 0 Å². The Kier molecular flexibility index (Phi) is 3.25. The van der Waals surface area contributed by atoms with E-state index in [2.05, 4.69) is 11.4 Å². The van der Waals surface area contributed by atoms with Crippen molar-refractivity contribution in [3.8, 4) is 0 Å². The first-order valence-electron chi connectivity index (χ1n) is 5.51. The highest BCUT2D eigenvalue weighted by molar-refractivity contribution is 5.80. The van der Waals surface area contributed by atoms with Crippen LogP contribution in [0.1, 0.15) is 24.8 Å². The maximum Gasteiger partial charge on any atom is 0.322 e. The number of rotatable bonds is 4. The minimum absolute atomic E-state index is 0.0374. The fourth-order valence-electron chi connectivity index (χ4n) is 2.00. The van der Waals surface area contributed by atoms with Gasteiger partial charge in [-0.15, -0.1) is 0 Å². The number of allylic oxidation sites excluding steroid dienone is 2. The Balaban J connectivity index is 2.20. The van der Waals surface area contributed by atoms with Crippen LogP contribution in [0.5, 0.6) is 0 Å². The number of aliphatic carboxylic acids is 1. The summed E-state index contributed by atoms with van der Waals surface area (Å²) in [5.41, 5.74) is 3.38. The quantitative estimate of drug-likeness (QED) is 0.815. The van der Waals surface area contributed by atoms with Crippen LogP contribution in [0, 0.1) is 0 Å². The first-order valence-corrected chi connectivity index (χ1v) is 5.51. The summed E-state index contributed by atoms with van der Waals surface area (Å²) in [6.07, 6.45) is 5.65. The number of anilines is 1.